The van der Waals surface area contributed by atoms with Crippen LogP contribution in [-0.4, -0.2) is 25.2 Å². The molecule has 1 heterocycles. The number of anilines is 1. The molecule has 0 saturated carbocycles. The van der Waals surface area contributed by atoms with Crippen LogP contribution in [0.15, 0.2) is 28.7 Å². The molecule has 2 nitrogen and oxygen atoms in total. The van der Waals surface area contributed by atoms with Crippen molar-refractivity contribution in [2.75, 3.05) is 18.0 Å². The van der Waals surface area contributed by atoms with Crippen molar-refractivity contribution in [2.45, 2.75) is 39.3 Å². The third kappa shape index (κ3) is 3.07. The van der Waals surface area contributed by atoms with E-state index >= 15 is 0 Å². The molecule has 2 unspecified atom stereocenters. The first-order chi connectivity index (χ1) is 8.61. The quantitative estimate of drug-likeness (QED) is 0.916. The number of rotatable bonds is 3. The maximum absolute atomic E-state index is 3.66. The second-order valence-electron chi connectivity index (χ2n) is 5.46. The van der Waals surface area contributed by atoms with E-state index in [9.17, 15) is 0 Å². The lowest BCUT2D eigenvalue weighted by Crippen LogP contribution is -2.58. The highest BCUT2D eigenvalue weighted by atomic mass is 79.9. The first-order valence-electron chi connectivity index (χ1n) is 6.87. The molecule has 0 bridgehead atoms. The Morgan fingerprint density at radius 2 is 2.22 bits per heavy atom. The van der Waals surface area contributed by atoms with E-state index in [0.29, 0.717) is 18.0 Å². The van der Waals surface area contributed by atoms with Gasteiger partial charge >= 0.3 is 0 Å². The normalized spacial score (nSPS) is 24.6. The molecule has 0 radical (unpaired) electrons. The molecule has 1 aromatic carbocycles. The van der Waals surface area contributed by atoms with Crippen LogP contribution in [0.5, 0.6) is 0 Å². The minimum Gasteiger partial charge on any atom is -0.365 e. The molecule has 3 heteroatoms. The fourth-order valence-electron chi connectivity index (χ4n) is 2.66. The van der Waals surface area contributed by atoms with E-state index in [1.54, 1.807) is 0 Å². The number of piperazine rings is 1. The SMILES string of the molecule is CCC1CN(c2cccc(Br)c2)C(C(C)C)CN1. The van der Waals surface area contributed by atoms with Crippen molar-refractivity contribution in [1.29, 1.82) is 0 Å². The van der Waals surface area contributed by atoms with E-state index < -0.39 is 0 Å². The van der Waals surface area contributed by atoms with Crippen LogP contribution < -0.4 is 10.2 Å². The van der Waals surface area contributed by atoms with E-state index in [1.165, 1.54) is 12.1 Å². The minimum atomic E-state index is 0.585. The van der Waals surface area contributed by atoms with Crippen molar-refractivity contribution in [3.63, 3.8) is 0 Å². The fraction of sp³-hybridized carbons (Fsp3) is 0.600. The van der Waals surface area contributed by atoms with Crippen LogP contribution in [0.25, 0.3) is 0 Å². The van der Waals surface area contributed by atoms with Crippen LogP contribution in [0, 0.1) is 5.92 Å². The maximum atomic E-state index is 3.66. The highest BCUT2D eigenvalue weighted by Crippen LogP contribution is 2.26. The Balaban J connectivity index is 2.24. The number of hydrogen-bond donors (Lipinski definition) is 1. The molecule has 0 aromatic heterocycles. The molecular weight excluding hydrogens is 288 g/mol. The van der Waals surface area contributed by atoms with E-state index in [-0.39, 0.29) is 0 Å². The van der Waals surface area contributed by atoms with Gasteiger partial charge in [0, 0.05) is 35.3 Å². The molecule has 2 atom stereocenters. The summed E-state index contributed by atoms with van der Waals surface area (Å²) in [6, 6.07) is 9.86. The summed E-state index contributed by atoms with van der Waals surface area (Å²) in [7, 11) is 0. The van der Waals surface area contributed by atoms with E-state index in [1.807, 2.05) is 0 Å². The molecule has 1 N–H and O–H groups in total. The number of halogens is 1. The zero-order valence-electron chi connectivity index (χ0n) is 11.5. The van der Waals surface area contributed by atoms with E-state index in [4.69, 9.17) is 0 Å². The summed E-state index contributed by atoms with van der Waals surface area (Å²) in [5, 5.41) is 3.66. The monoisotopic (exact) mass is 310 g/mol. The molecule has 2 rings (SSSR count). The summed E-state index contributed by atoms with van der Waals surface area (Å²) in [4.78, 5) is 2.57. The van der Waals surface area contributed by atoms with Crippen LogP contribution in [0.2, 0.25) is 0 Å². The zero-order chi connectivity index (χ0) is 13.1. The Bertz CT molecular complexity index is 392. The van der Waals surface area contributed by atoms with Crippen molar-refractivity contribution in [3.8, 4) is 0 Å². The summed E-state index contributed by atoms with van der Waals surface area (Å²) in [6.45, 7) is 9.07. The largest absolute Gasteiger partial charge is 0.365 e. The highest BCUT2D eigenvalue weighted by molar-refractivity contribution is 9.10. The van der Waals surface area contributed by atoms with Crippen molar-refractivity contribution in [2.24, 2.45) is 5.92 Å². The summed E-state index contributed by atoms with van der Waals surface area (Å²) in [5.74, 6) is 0.661. The van der Waals surface area contributed by atoms with Gasteiger partial charge in [0.1, 0.15) is 0 Å². The average Bonchev–Trinajstić information content (AvgIpc) is 2.38. The number of benzene rings is 1. The second-order valence-corrected chi connectivity index (χ2v) is 6.37. The van der Waals surface area contributed by atoms with Crippen molar-refractivity contribution in [3.05, 3.63) is 28.7 Å². The van der Waals surface area contributed by atoms with Crippen LogP contribution in [0.4, 0.5) is 5.69 Å². The lowest BCUT2D eigenvalue weighted by molar-refractivity contribution is 0.333. The number of nitrogens with zero attached hydrogens (tertiary/aromatic N) is 1. The van der Waals surface area contributed by atoms with E-state index in [2.05, 4.69) is 71.2 Å². The molecule has 100 valence electrons. The van der Waals surface area contributed by atoms with Gasteiger partial charge in [0.15, 0.2) is 0 Å². The smallest absolute Gasteiger partial charge is 0.0438 e. The van der Waals surface area contributed by atoms with Gasteiger partial charge in [-0.25, -0.2) is 0 Å². The van der Waals surface area contributed by atoms with Gasteiger partial charge in [-0.05, 0) is 30.5 Å². The first kappa shape index (κ1) is 13.9. The molecule has 0 spiro atoms. The molecule has 1 saturated heterocycles. The Kier molecular flexibility index (Phi) is 4.68. The average molecular weight is 311 g/mol. The van der Waals surface area contributed by atoms with Gasteiger partial charge in [0.05, 0.1) is 0 Å². The third-order valence-corrected chi connectivity index (χ3v) is 4.33. The minimum absolute atomic E-state index is 0.585. The summed E-state index contributed by atoms with van der Waals surface area (Å²) < 4.78 is 1.16. The molecule has 18 heavy (non-hydrogen) atoms. The predicted octanol–water partition coefficient (Wildman–Crippen LogP) is 3.66. The standard InChI is InChI=1S/C15H23BrN2/c1-4-13-10-18(15(9-17-13)11(2)3)14-7-5-6-12(16)8-14/h5-8,11,13,15,17H,4,9-10H2,1-3H3. The molecule has 1 aliphatic heterocycles. The van der Waals surface area contributed by atoms with E-state index in [0.717, 1.165) is 17.6 Å². The highest BCUT2D eigenvalue weighted by Gasteiger charge is 2.29. The zero-order valence-corrected chi connectivity index (χ0v) is 13.1. The number of hydrogen-bond acceptors (Lipinski definition) is 2. The van der Waals surface area contributed by atoms with Gasteiger partial charge in [-0.1, -0.05) is 42.8 Å². The Labute approximate surface area is 119 Å². The van der Waals surface area contributed by atoms with Gasteiger partial charge in [0.2, 0.25) is 0 Å². The fourth-order valence-corrected chi connectivity index (χ4v) is 3.04. The topological polar surface area (TPSA) is 15.3 Å². The van der Waals surface area contributed by atoms with Gasteiger partial charge in [-0.3, -0.25) is 0 Å². The lowest BCUT2D eigenvalue weighted by atomic mass is 9.97. The predicted molar refractivity (Wildman–Crippen MR) is 82.2 cm³/mol. The molecule has 0 aliphatic carbocycles. The van der Waals surface area contributed by atoms with Crippen LogP contribution in [0.1, 0.15) is 27.2 Å². The molecule has 1 aliphatic rings. The molecular formula is C15H23BrN2. The Morgan fingerprint density at radius 3 is 2.83 bits per heavy atom. The molecule has 1 aromatic rings. The van der Waals surface area contributed by atoms with Crippen LogP contribution in [0.3, 0.4) is 0 Å². The first-order valence-corrected chi connectivity index (χ1v) is 7.66. The van der Waals surface area contributed by atoms with Crippen molar-refractivity contribution < 1.29 is 0 Å². The number of nitrogens with one attached hydrogen (secondary N) is 1. The lowest BCUT2D eigenvalue weighted by Gasteiger charge is -2.44. The molecule has 1 fully saturated rings. The Morgan fingerprint density at radius 1 is 1.44 bits per heavy atom. The van der Waals surface area contributed by atoms with Crippen LogP contribution in [-0.2, 0) is 0 Å². The van der Waals surface area contributed by atoms with Crippen LogP contribution >= 0.6 is 15.9 Å². The van der Waals surface area contributed by atoms with Crippen molar-refractivity contribution in [1.82, 2.24) is 5.32 Å². The Hall–Kier alpha value is -0.540. The third-order valence-electron chi connectivity index (χ3n) is 3.84. The van der Waals surface area contributed by atoms with Crippen molar-refractivity contribution >= 4 is 21.6 Å². The van der Waals surface area contributed by atoms with Gasteiger partial charge in [0.25, 0.3) is 0 Å². The second kappa shape index (κ2) is 6.07. The summed E-state index contributed by atoms with van der Waals surface area (Å²) >= 11 is 3.58. The van der Waals surface area contributed by atoms with Gasteiger partial charge in [-0.2, -0.15) is 0 Å². The molecule has 0 amide bonds. The van der Waals surface area contributed by atoms with Gasteiger partial charge in [-0.15, -0.1) is 0 Å². The maximum Gasteiger partial charge on any atom is 0.0438 e. The summed E-state index contributed by atoms with van der Waals surface area (Å²) in [5.41, 5.74) is 1.34. The van der Waals surface area contributed by atoms with Gasteiger partial charge < -0.3 is 10.2 Å². The summed E-state index contributed by atoms with van der Waals surface area (Å²) in [6.07, 6.45) is 1.19.